The van der Waals surface area contributed by atoms with Gasteiger partial charge in [0.25, 0.3) is 0 Å². The van der Waals surface area contributed by atoms with Crippen molar-refractivity contribution in [2.24, 2.45) is 10.9 Å². The van der Waals surface area contributed by atoms with Gasteiger partial charge < -0.3 is 15.8 Å². The molecule has 0 radical (unpaired) electrons. The molecule has 1 aliphatic heterocycles. The zero-order chi connectivity index (χ0) is 13.1. The number of amidine groups is 1. The number of anilines is 1. The second-order valence-electron chi connectivity index (χ2n) is 4.27. The van der Waals surface area contributed by atoms with E-state index in [4.69, 9.17) is 10.9 Å². The summed E-state index contributed by atoms with van der Waals surface area (Å²) in [6.45, 7) is 3.91. The third-order valence-corrected chi connectivity index (χ3v) is 4.06. The van der Waals surface area contributed by atoms with Crippen molar-refractivity contribution in [3.63, 3.8) is 0 Å². The first-order valence-electron chi connectivity index (χ1n) is 5.76. The summed E-state index contributed by atoms with van der Waals surface area (Å²) >= 11 is 1.91. The quantitative estimate of drug-likeness (QED) is 0.372. The highest BCUT2D eigenvalue weighted by Gasteiger charge is 2.20. The number of rotatable bonds is 2. The molecule has 1 fully saturated rings. The van der Waals surface area contributed by atoms with Crippen LogP contribution in [0.5, 0.6) is 0 Å². The molecule has 0 spiro atoms. The third-order valence-electron chi connectivity index (χ3n) is 2.92. The number of nitrogens with two attached hydrogens (primary N) is 1. The normalized spacial score (nSPS) is 21.1. The number of benzene rings is 1. The lowest BCUT2D eigenvalue weighted by Crippen LogP contribution is -2.38. The molecule has 1 unspecified atom stereocenters. The standard InChI is InChI=1S/C12H16FN3OS/c1-8-7-16(4-5-18-8)11-3-2-9(13)6-10(11)12(14)15-17/h2-3,6,8,17H,4-5,7H2,1H3,(H2,14,15). The van der Waals surface area contributed by atoms with E-state index in [9.17, 15) is 4.39 Å². The van der Waals surface area contributed by atoms with Crippen molar-refractivity contribution >= 4 is 23.3 Å². The Balaban J connectivity index is 2.37. The van der Waals surface area contributed by atoms with Gasteiger partial charge in [0.05, 0.1) is 0 Å². The van der Waals surface area contributed by atoms with E-state index in [0.717, 1.165) is 24.5 Å². The Hall–Kier alpha value is -1.43. The van der Waals surface area contributed by atoms with Crippen LogP contribution in [0.4, 0.5) is 10.1 Å². The van der Waals surface area contributed by atoms with Crippen molar-refractivity contribution in [2.75, 3.05) is 23.7 Å². The molecule has 0 aliphatic carbocycles. The van der Waals surface area contributed by atoms with E-state index in [0.29, 0.717) is 10.8 Å². The van der Waals surface area contributed by atoms with E-state index in [1.165, 1.54) is 12.1 Å². The Bertz CT molecular complexity index is 467. The minimum atomic E-state index is -0.389. The highest BCUT2D eigenvalue weighted by Crippen LogP contribution is 2.27. The molecule has 0 saturated carbocycles. The van der Waals surface area contributed by atoms with Gasteiger partial charge in [-0.2, -0.15) is 11.8 Å². The molecule has 0 bridgehead atoms. The summed E-state index contributed by atoms with van der Waals surface area (Å²) in [5, 5.41) is 12.3. The number of halogens is 1. The minimum absolute atomic E-state index is 0.0598. The molecule has 98 valence electrons. The lowest BCUT2D eigenvalue weighted by Gasteiger charge is -2.33. The predicted octanol–water partition coefficient (Wildman–Crippen LogP) is 1.86. The SMILES string of the molecule is CC1CN(c2ccc(F)cc2/C(N)=N/O)CCS1. The topological polar surface area (TPSA) is 61.8 Å². The highest BCUT2D eigenvalue weighted by molar-refractivity contribution is 8.00. The molecule has 1 saturated heterocycles. The Morgan fingerprint density at radius 2 is 2.39 bits per heavy atom. The molecule has 1 atom stereocenters. The third kappa shape index (κ3) is 2.69. The Labute approximate surface area is 110 Å². The molecule has 4 nitrogen and oxygen atoms in total. The van der Waals surface area contributed by atoms with Crippen LogP contribution in [0.3, 0.4) is 0 Å². The van der Waals surface area contributed by atoms with Crippen LogP contribution < -0.4 is 10.6 Å². The summed E-state index contributed by atoms with van der Waals surface area (Å²) < 4.78 is 13.3. The summed E-state index contributed by atoms with van der Waals surface area (Å²) in [5.74, 6) is 0.573. The second kappa shape index (κ2) is 5.48. The zero-order valence-electron chi connectivity index (χ0n) is 10.1. The van der Waals surface area contributed by atoms with Gasteiger partial charge in [0.2, 0.25) is 0 Å². The van der Waals surface area contributed by atoms with E-state index in [1.807, 2.05) is 11.8 Å². The van der Waals surface area contributed by atoms with Gasteiger partial charge in [-0.3, -0.25) is 0 Å². The summed E-state index contributed by atoms with van der Waals surface area (Å²) in [4.78, 5) is 2.15. The van der Waals surface area contributed by atoms with Gasteiger partial charge in [0.15, 0.2) is 5.84 Å². The molecular weight excluding hydrogens is 253 g/mol. The molecule has 1 heterocycles. The van der Waals surface area contributed by atoms with Crippen LogP contribution in [0.2, 0.25) is 0 Å². The van der Waals surface area contributed by atoms with E-state index in [2.05, 4.69) is 17.0 Å². The van der Waals surface area contributed by atoms with Gasteiger partial charge in [-0.1, -0.05) is 12.1 Å². The molecule has 2 rings (SSSR count). The average molecular weight is 269 g/mol. The van der Waals surface area contributed by atoms with Crippen LogP contribution in [0.25, 0.3) is 0 Å². The number of nitrogens with zero attached hydrogens (tertiary/aromatic N) is 2. The zero-order valence-corrected chi connectivity index (χ0v) is 11.0. The average Bonchev–Trinajstić information content (AvgIpc) is 2.37. The number of thioether (sulfide) groups is 1. The largest absolute Gasteiger partial charge is 0.409 e. The van der Waals surface area contributed by atoms with Crippen molar-refractivity contribution in [3.05, 3.63) is 29.6 Å². The monoisotopic (exact) mass is 269 g/mol. The van der Waals surface area contributed by atoms with Gasteiger partial charge in [-0.25, -0.2) is 4.39 Å². The Kier molecular flexibility index (Phi) is 3.96. The van der Waals surface area contributed by atoms with E-state index in [-0.39, 0.29) is 11.7 Å². The molecular formula is C12H16FN3OS. The van der Waals surface area contributed by atoms with Gasteiger partial charge >= 0.3 is 0 Å². The van der Waals surface area contributed by atoms with Crippen molar-refractivity contribution in [1.82, 2.24) is 0 Å². The fourth-order valence-corrected chi connectivity index (χ4v) is 3.09. The summed E-state index contributed by atoms with van der Waals surface area (Å²) in [7, 11) is 0. The smallest absolute Gasteiger partial charge is 0.172 e. The van der Waals surface area contributed by atoms with Crippen molar-refractivity contribution < 1.29 is 9.60 Å². The lowest BCUT2D eigenvalue weighted by atomic mass is 10.1. The number of hydrogen-bond donors (Lipinski definition) is 2. The molecule has 0 amide bonds. The molecule has 3 N–H and O–H groups in total. The van der Waals surface area contributed by atoms with Crippen LogP contribution in [-0.4, -0.2) is 35.1 Å². The highest BCUT2D eigenvalue weighted by atomic mass is 32.2. The first kappa shape index (κ1) is 13.0. The summed E-state index contributed by atoms with van der Waals surface area (Å²) in [6, 6.07) is 4.39. The number of hydrogen-bond acceptors (Lipinski definition) is 4. The fourth-order valence-electron chi connectivity index (χ4n) is 2.08. The maximum Gasteiger partial charge on any atom is 0.172 e. The Morgan fingerprint density at radius 3 is 3.06 bits per heavy atom. The van der Waals surface area contributed by atoms with Gasteiger partial charge in [0, 0.05) is 35.3 Å². The molecule has 1 aromatic rings. The fraction of sp³-hybridized carbons (Fsp3) is 0.417. The minimum Gasteiger partial charge on any atom is -0.409 e. The molecule has 1 aliphatic rings. The van der Waals surface area contributed by atoms with Gasteiger partial charge in [-0.05, 0) is 18.2 Å². The first-order valence-corrected chi connectivity index (χ1v) is 6.80. The summed E-state index contributed by atoms with van der Waals surface area (Å²) in [5.41, 5.74) is 6.87. The van der Waals surface area contributed by atoms with Gasteiger partial charge in [-0.15, -0.1) is 0 Å². The van der Waals surface area contributed by atoms with Crippen LogP contribution in [0.15, 0.2) is 23.4 Å². The van der Waals surface area contributed by atoms with Crippen LogP contribution in [-0.2, 0) is 0 Å². The van der Waals surface area contributed by atoms with Crippen molar-refractivity contribution in [2.45, 2.75) is 12.2 Å². The Morgan fingerprint density at radius 1 is 1.61 bits per heavy atom. The van der Waals surface area contributed by atoms with Crippen molar-refractivity contribution in [3.8, 4) is 0 Å². The maximum absolute atomic E-state index is 13.3. The first-order chi connectivity index (χ1) is 8.61. The summed E-state index contributed by atoms with van der Waals surface area (Å²) in [6.07, 6.45) is 0. The van der Waals surface area contributed by atoms with Crippen LogP contribution in [0, 0.1) is 5.82 Å². The molecule has 6 heteroatoms. The van der Waals surface area contributed by atoms with Crippen molar-refractivity contribution in [1.29, 1.82) is 0 Å². The van der Waals surface area contributed by atoms with Gasteiger partial charge in [0.1, 0.15) is 5.82 Å². The molecule has 18 heavy (non-hydrogen) atoms. The van der Waals surface area contributed by atoms with E-state index >= 15 is 0 Å². The van der Waals surface area contributed by atoms with E-state index in [1.54, 1.807) is 6.07 Å². The molecule has 0 aromatic heterocycles. The molecule has 1 aromatic carbocycles. The van der Waals surface area contributed by atoms with E-state index < -0.39 is 0 Å². The number of oxime groups is 1. The van der Waals surface area contributed by atoms with Crippen LogP contribution in [0.1, 0.15) is 12.5 Å². The maximum atomic E-state index is 13.3. The lowest BCUT2D eigenvalue weighted by molar-refractivity contribution is 0.318. The van der Waals surface area contributed by atoms with Crippen LogP contribution >= 0.6 is 11.8 Å². The predicted molar refractivity (Wildman–Crippen MR) is 73.0 cm³/mol. The second-order valence-corrected chi connectivity index (χ2v) is 5.82.